The highest BCUT2D eigenvalue weighted by atomic mass is 16.6. The van der Waals surface area contributed by atoms with Crippen LogP contribution in [-0.4, -0.2) is 80.6 Å². The summed E-state index contributed by atoms with van der Waals surface area (Å²) in [6.07, 6.45) is 59.9. The summed E-state index contributed by atoms with van der Waals surface area (Å²) >= 11 is 0. The second-order valence-electron chi connectivity index (χ2n) is 19.1. The van der Waals surface area contributed by atoms with E-state index in [1.165, 1.54) is 116 Å². The number of aliphatic carboxylic acids is 1. The summed E-state index contributed by atoms with van der Waals surface area (Å²) in [5.74, 6) is -1.49. The Labute approximate surface area is 400 Å². The van der Waals surface area contributed by atoms with Crippen molar-refractivity contribution < 1.29 is 38.2 Å². The lowest BCUT2D eigenvalue weighted by Gasteiger charge is -2.31. The van der Waals surface area contributed by atoms with Crippen LogP contribution in [0.1, 0.15) is 232 Å². The Morgan fingerprint density at radius 2 is 0.862 bits per heavy atom. The normalized spacial score (nSPS) is 13.3. The van der Waals surface area contributed by atoms with Crippen molar-refractivity contribution in [3.8, 4) is 0 Å². The van der Waals surface area contributed by atoms with E-state index in [9.17, 15) is 19.5 Å². The van der Waals surface area contributed by atoms with Gasteiger partial charge in [0.05, 0.1) is 34.4 Å². The number of unbranched alkanes of at least 4 members (excludes halogenated alkanes) is 24. The molecule has 0 heterocycles. The van der Waals surface area contributed by atoms with Gasteiger partial charge in [-0.15, -0.1) is 0 Å². The second-order valence-corrected chi connectivity index (χ2v) is 19.1. The zero-order valence-electron chi connectivity index (χ0n) is 42.9. The average Bonchev–Trinajstić information content (AvgIpc) is 3.27. The molecule has 0 fully saturated rings. The number of hydrogen-bond donors (Lipinski definition) is 1. The quantitative estimate of drug-likeness (QED) is 0.0281. The minimum absolute atomic E-state index is 0.0532. The largest absolute Gasteiger partial charge is 0.477 e. The van der Waals surface area contributed by atoms with Crippen LogP contribution >= 0.6 is 0 Å². The summed E-state index contributed by atoms with van der Waals surface area (Å²) in [7, 11) is 5.53. The molecule has 0 saturated heterocycles. The molecule has 0 aromatic heterocycles. The van der Waals surface area contributed by atoms with E-state index in [2.05, 4.69) is 74.6 Å². The first-order chi connectivity index (χ1) is 31.6. The van der Waals surface area contributed by atoms with E-state index in [0.29, 0.717) is 19.3 Å². The molecule has 65 heavy (non-hydrogen) atoms. The maximum atomic E-state index is 12.8. The molecule has 8 heteroatoms. The Kier molecular flexibility index (Phi) is 45.3. The van der Waals surface area contributed by atoms with E-state index in [-0.39, 0.29) is 36.2 Å². The number of carbonyl (C=O) groups is 3. The van der Waals surface area contributed by atoms with Crippen LogP contribution in [0.4, 0.5) is 0 Å². The zero-order valence-corrected chi connectivity index (χ0v) is 42.9. The highest BCUT2D eigenvalue weighted by Crippen LogP contribution is 2.16. The van der Waals surface area contributed by atoms with Gasteiger partial charge < -0.3 is 23.8 Å². The van der Waals surface area contributed by atoms with Gasteiger partial charge in [-0.25, -0.2) is 4.79 Å². The number of likely N-dealkylation sites (N-methyl/N-ethyl adjacent to an activating group) is 1. The van der Waals surface area contributed by atoms with Crippen molar-refractivity contribution in [2.75, 3.05) is 41.0 Å². The zero-order chi connectivity index (χ0) is 47.7. The summed E-state index contributed by atoms with van der Waals surface area (Å²) in [4.78, 5) is 37.2. The van der Waals surface area contributed by atoms with Crippen LogP contribution < -0.4 is 0 Å². The summed E-state index contributed by atoms with van der Waals surface area (Å²) in [6.45, 7) is 4.63. The van der Waals surface area contributed by atoms with E-state index in [1.807, 2.05) is 21.1 Å². The molecule has 376 valence electrons. The van der Waals surface area contributed by atoms with Crippen molar-refractivity contribution in [2.45, 2.75) is 244 Å². The molecule has 0 spiro atoms. The standard InChI is InChI=1S/C57H101NO7/c1-6-8-10-12-14-16-18-20-22-24-26-28-30-32-34-36-38-40-42-44-46-48-56(60)65-53(51-63-50-49-54(57(61)62)58(3,4)5)52-64-55(59)47-45-43-41-39-37-35-33-31-29-27-25-23-21-19-17-15-13-11-9-7-2/h9,11,15,17,21,23,27,29,33,35,53-54H,6-8,10,12-14,16,18-20,22,24-26,28,30-32,34,36-52H2,1-5H3/p+1/b11-9+,17-15+,23-21+,29-27+,35-33+. The SMILES string of the molecule is CC/C=C/C/C=C/C/C=C/C/C=C/C/C=C/CCCCCCC(=O)OCC(COCCC(C(=O)O)[N+](C)(C)C)OC(=O)CCCCCCCCCCCCCCCCCCCCCCC. The van der Waals surface area contributed by atoms with Crippen molar-refractivity contribution in [1.29, 1.82) is 0 Å². The van der Waals surface area contributed by atoms with Crippen LogP contribution in [-0.2, 0) is 28.6 Å². The van der Waals surface area contributed by atoms with Gasteiger partial charge in [0.2, 0.25) is 0 Å². The lowest BCUT2D eigenvalue weighted by molar-refractivity contribution is -0.887. The Morgan fingerprint density at radius 1 is 0.477 bits per heavy atom. The number of ether oxygens (including phenoxy) is 3. The first-order valence-corrected chi connectivity index (χ1v) is 26.8. The molecule has 2 unspecified atom stereocenters. The number of esters is 2. The molecule has 8 nitrogen and oxygen atoms in total. The molecule has 0 bridgehead atoms. The number of nitrogens with zero attached hydrogens (tertiary/aromatic N) is 1. The number of rotatable bonds is 48. The predicted molar refractivity (Wildman–Crippen MR) is 275 cm³/mol. The third kappa shape index (κ3) is 46.0. The minimum atomic E-state index is -0.878. The Morgan fingerprint density at radius 3 is 1.28 bits per heavy atom. The lowest BCUT2D eigenvalue weighted by Crippen LogP contribution is -2.50. The summed E-state index contributed by atoms with van der Waals surface area (Å²) in [5, 5.41) is 9.66. The number of carboxylic acid groups (broad SMARTS) is 1. The maximum absolute atomic E-state index is 12.8. The van der Waals surface area contributed by atoms with Crippen LogP contribution in [0.5, 0.6) is 0 Å². The average molecular weight is 913 g/mol. The predicted octanol–water partition coefficient (Wildman–Crippen LogP) is 15.7. The molecule has 1 N–H and O–H groups in total. The van der Waals surface area contributed by atoms with Gasteiger partial charge in [-0.3, -0.25) is 9.59 Å². The fraction of sp³-hybridized carbons (Fsp3) is 0.772. The van der Waals surface area contributed by atoms with Gasteiger partial charge in [0.1, 0.15) is 6.61 Å². The number of allylic oxidation sites excluding steroid dienone is 10. The van der Waals surface area contributed by atoms with Gasteiger partial charge in [0.25, 0.3) is 0 Å². The fourth-order valence-corrected chi connectivity index (χ4v) is 7.83. The fourth-order valence-electron chi connectivity index (χ4n) is 7.83. The summed E-state index contributed by atoms with van der Waals surface area (Å²) in [5.41, 5.74) is 0. The van der Waals surface area contributed by atoms with Gasteiger partial charge in [-0.1, -0.05) is 216 Å². The van der Waals surface area contributed by atoms with Crippen molar-refractivity contribution in [1.82, 2.24) is 0 Å². The van der Waals surface area contributed by atoms with Crippen LogP contribution in [0, 0.1) is 0 Å². The third-order valence-electron chi connectivity index (χ3n) is 11.9. The minimum Gasteiger partial charge on any atom is -0.477 e. The van der Waals surface area contributed by atoms with E-state index in [1.54, 1.807) is 0 Å². The van der Waals surface area contributed by atoms with E-state index >= 15 is 0 Å². The summed E-state index contributed by atoms with van der Waals surface area (Å²) < 4.78 is 17.4. The van der Waals surface area contributed by atoms with Crippen LogP contribution in [0.25, 0.3) is 0 Å². The number of carboxylic acids is 1. The third-order valence-corrected chi connectivity index (χ3v) is 11.9. The topological polar surface area (TPSA) is 99.1 Å². The van der Waals surface area contributed by atoms with Crippen LogP contribution in [0.15, 0.2) is 60.8 Å². The van der Waals surface area contributed by atoms with E-state index in [4.69, 9.17) is 14.2 Å². The molecular formula is C57H102NO7+. The highest BCUT2D eigenvalue weighted by Gasteiger charge is 2.31. The van der Waals surface area contributed by atoms with Crippen LogP contribution in [0.3, 0.4) is 0 Å². The van der Waals surface area contributed by atoms with E-state index < -0.39 is 18.1 Å². The molecule has 2 atom stereocenters. The number of hydrogen-bond acceptors (Lipinski definition) is 6. The van der Waals surface area contributed by atoms with Crippen LogP contribution in [0.2, 0.25) is 0 Å². The van der Waals surface area contributed by atoms with Gasteiger partial charge in [-0.05, 0) is 57.8 Å². The number of quaternary nitrogens is 1. The molecule has 0 amide bonds. The maximum Gasteiger partial charge on any atom is 0.362 e. The van der Waals surface area contributed by atoms with Gasteiger partial charge >= 0.3 is 17.9 Å². The number of carbonyl (C=O) groups excluding carboxylic acids is 2. The molecular weight excluding hydrogens is 811 g/mol. The molecule has 0 aliphatic heterocycles. The van der Waals surface area contributed by atoms with Crippen molar-refractivity contribution in [2.24, 2.45) is 0 Å². The van der Waals surface area contributed by atoms with E-state index in [0.717, 1.165) is 83.5 Å². The smallest absolute Gasteiger partial charge is 0.362 e. The van der Waals surface area contributed by atoms with Gasteiger partial charge in [0, 0.05) is 19.3 Å². The lowest BCUT2D eigenvalue weighted by atomic mass is 10.0. The van der Waals surface area contributed by atoms with Crippen molar-refractivity contribution >= 4 is 17.9 Å². The molecule has 0 aliphatic carbocycles. The molecule has 0 aromatic rings. The molecule has 0 rings (SSSR count). The molecule has 0 saturated carbocycles. The first kappa shape index (κ1) is 62.0. The highest BCUT2D eigenvalue weighted by molar-refractivity contribution is 5.72. The summed E-state index contributed by atoms with van der Waals surface area (Å²) in [6, 6.07) is -0.620. The first-order valence-electron chi connectivity index (χ1n) is 26.8. The Balaban J connectivity index is 4.25. The Hall–Kier alpha value is -2.97. The van der Waals surface area contributed by atoms with Crippen molar-refractivity contribution in [3.05, 3.63) is 60.8 Å². The van der Waals surface area contributed by atoms with Crippen molar-refractivity contribution in [3.63, 3.8) is 0 Å². The van der Waals surface area contributed by atoms with Gasteiger partial charge in [0.15, 0.2) is 12.1 Å². The Bertz CT molecular complexity index is 1250. The molecule has 0 radical (unpaired) electrons. The molecule has 0 aliphatic rings. The monoisotopic (exact) mass is 913 g/mol. The van der Waals surface area contributed by atoms with Gasteiger partial charge in [-0.2, -0.15) is 0 Å². The second kappa shape index (κ2) is 47.5. The molecule has 0 aromatic carbocycles.